The van der Waals surface area contributed by atoms with E-state index in [0.29, 0.717) is 6.54 Å². The first-order valence-electron chi connectivity index (χ1n) is 8.24. The summed E-state index contributed by atoms with van der Waals surface area (Å²) < 4.78 is 0. The second kappa shape index (κ2) is 6.32. The molecule has 0 bridgehead atoms. The number of piperazine rings is 1. The van der Waals surface area contributed by atoms with Gasteiger partial charge in [-0.2, -0.15) is 0 Å². The minimum Gasteiger partial charge on any atom is -0.335 e. The molecule has 0 aromatic heterocycles. The van der Waals surface area contributed by atoms with Gasteiger partial charge < -0.3 is 10.6 Å². The number of urea groups is 1. The molecular formula is C15H26N4O2. The Bertz CT molecular complexity index is 394. The molecule has 118 valence electrons. The third-order valence-electron chi connectivity index (χ3n) is 4.97. The molecule has 1 saturated heterocycles. The zero-order valence-corrected chi connectivity index (χ0v) is 12.6. The highest BCUT2D eigenvalue weighted by Gasteiger charge is 2.40. The van der Waals surface area contributed by atoms with Crippen LogP contribution in [0.4, 0.5) is 4.79 Å². The minimum atomic E-state index is -0.338. The SMILES string of the molecule is O=C(CN1CCNCC12CCCCC2)NC(=O)NC1CC1. The lowest BCUT2D eigenvalue weighted by molar-refractivity contribution is -0.123. The summed E-state index contributed by atoms with van der Waals surface area (Å²) >= 11 is 0. The Labute approximate surface area is 126 Å². The summed E-state index contributed by atoms with van der Waals surface area (Å²) in [5, 5.41) is 8.73. The predicted molar refractivity (Wildman–Crippen MR) is 80.0 cm³/mol. The molecule has 0 radical (unpaired) electrons. The Morgan fingerprint density at radius 1 is 1.19 bits per heavy atom. The highest BCUT2D eigenvalue weighted by Crippen LogP contribution is 2.34. The summed E-state index contributed by atoms with van der Waals surface area (Å²) in [7, 11) is 0. The Morgan fingerprint density at radius 3 is 2.67 bits per heavy atom. The summed E-state index contributed by atoms with van der Waals surface area (Å²) in [5.41, 5.74) is 0.126. The highest BCUT2D eigenvalue weighted by molar-refractivity contribution is 5.95. The van der Waals surface area contributed by atoms with E-state index in [9.17, 15) is 9.59 Å². The van der Waals surface area contributed by atoms with Crippen molar-refractivity contribution in [3.05, 3.63) is 0 Å². The number of hydrogen-bond acceptors (Lipinski definition) is 4. The molecule has 6 nitrogen and oxygen atoms in total. The van der Waals surface area contributed by atoms with Gasteiger partial charge >= 0.3 is 6.03 Å². The number of carbonyl (C=O) groups excluding carboxylic acids is 2. The standard InChI is InChI=1S/C15H26N4O2/c20-13(18-14(21)17-12-4-5-12)10-19-9-8-16-11-15(19)6-2-1-3-7-15/h12,16H,1-11H2,(H2,17,18,20,21). The van der Waals surface area contributed by atoms with Crippen LogP contribution in [0, 0.1) is 0 Å². The molecule has 1 aliphatic heterocycles. The van der Waals surface area contributed by atoms with Gasteiger partial charge in [0, 0.05) is 31.2 Å². The van der Waals surface area contributed by atoms with Crippen LogP contribution in [-0.4, -0.2) is 54.6 Å². The number of amides is 3. The van der Waals surface area contributed by atoms with Crippen LogP contribution in [0.15, 0.2) is 0 Å². The van der Waals surface area contributed by atoms with Crippen molar-refractivity contribution in [2.24, 2.45) is 0 Å². The largest absolute Gasteiger partial charge is 0.335 e. The quantitative estimate of drug-likeness (QED) is 0.712. The Kier molecular flexibility index (Phi) is 4.45. The Balaban J connectivity index is 1.53. The second-order valence-corrected chi connectivity index (χ2v) is 6.68. The van der Waals surface area contributed by atoms with Crippen LogP contribution in [0.1, 0.15) is 44.9 Å². The minimum absolute atomic E-state index is 0.126. The molecule has 1 heterocycles. The van der Waals surface area contributed by atoms with Crippen LogP contribution in [-0.2, 0) is 4.79 Å². The molecule has 3 N–H and O–H groups in total. The fraction of sp³-hybridized carbons (Fsp3) is 0.867. The molecule has 0 aromatic carbocycles. The molecular weight excluding hydrogens is 268 g/mol. The first kappa shape index (κ1) is 14.8. The summed E-state index contributed by atoms with van der Waals surface area (Å²) in [6.07, 6.45) is 8.14. The monoisotopic (exact) mass is 294 g/mol. The van der Waals surface area contributed by atoms with Gasteiger partial charge in [-0.1, -0.05) is 19.3 Å². The van der Waals surface area contributed by atoms with Gasteiger partial charge in [0.05, 0.1) is 6.54 Å². The molecule has 3 amide bonds. The molecule has 6 heteroatoms. The maximum atomic E-state index is 12.1. The number of carbonyl (C=O) groups is 2. The van der Waals surface area contributed by atoms with Gasteiger partial charge in [0.25, 0.3) is 0 Å². The zero-order valence-electron chi connectivity index (χ0n) is 12.6. The van der Waals surface area contributed by atoms with E-state index in [-0.39, 0.29) is 23.5 Å². The van der Waals surface area contributed by atoms with Gasteiger partial charge in [0.15, 0.2) is 0 Å². The van der Waals surface area contributed by atoms with E-state index in [1.54, 1.807) is 0 Å². The molecule has 2 aliphatic carbocycles. The second-order valence-electron chi connectivity index (χ2n) is 6.68. The molecule has 2 saturated carbocycles. The van der Waals surface area contributed by atoms with Crippen LogP contribution in [0.25, 0.3) is 0 Å². The first-order valence-corrected chi connectivity index (χ1v) is 8.24. The van der Waals surface area contributed by atoms with E-state index in [1.165, 1.54) is 19.3 Å². The third-order valence-corrected chi connectivity index (χ3v) is 4.97. The van der Waals surface area contributed by atoms with Crippen molar-refractivity contribution in [2.45, 2.75) is 56.5 Å². The molecule has 21 heavy (non-hydrogen) atoms. The summed E-state index contributed by atoms with van der Waals surface area (Å²) in [6, 6.07) is -0.0583. The Morgan fingerprint density at radius 2 is 1.95 bits per heavy atom. The van der Waals surface area contributed by atoms with E-state index in [0.717, 1.165) is 45.3 Å². The zero-order chi connectivity index (χ0) is 14.7. The fourth-order valence-electron chi connectivity index (χ4n) is 3.62. The maximum Gasteiger partial charge on any atom is 0.321 e. The number of nitrogens with zero attached hydrogens (tertiary/aromatic N) is 1. The van der Waals surface area contributed by atoms with Crippen molar-refractivity contribution in [3.63, 3.8) is 0 Å². The Hall–Kier alpha value is -1.14. The van der Waals surface area contributed by atoms with E-state index in [1.807, 2.05) is 0 Å². The van der Waals surface area contributed by atoms with E-state index >= 15 is 0 Å². The summed E-state index contributed by atoms with van der Waals surface area (Å²) in [4.78, 5) is 26.0. The first-order chi connectivity index (χ1) is 10.2. The molecule has 0 unspecified atom stereocenters. The van der Waals surface area contributed by atoms with Crippen LogP contribution >= 0.6 is 0 Å². The maximum absolute atomic E-state index is 12.1. The van der Waals surface area contributed by atoms with E-state index < -0.39 is 0 Å². The summed E-state index contributed by atoms with van der Waals surface area (Å²) in [5.74, 6) is -0.181. The van der Waals surface area contributed by atoms with Crippen LogP contribution in [0.2, 0.25) is 0 Å². The van der Waals surface area contributed by atoms with E-state index in [2.05, 4.69) is 20.9 Å². The fourth-order valence-corrected chi connectivity index (χ4v) is 3.62. The number of hydrogen-bond donors (Lipinski definition) is 3. The smallest absolute Gasteiger partial charge is 0.321 e. The highest BCUT2D eigenvalue weighted by atomic mass is 16.2. The van der Waals surface area contributed by atoms with Gasteiger partial charge in [-0.05, 0) is 25.7 Å². The van der Waals surface area contributed by atoms with E-state index in [4.69, 9.17) is 0 Å². The number of imide groups is 1. The lowest BCUT2D eigenvalue weighted by atomic mass is 9.79. The normalized spacial score (nSPS) is 25.5. The molecule has 0 aromatic rings. The molecule has 3 aliphatic rings. The summed E-state index contributed by atoms with van der Waals surface area (Å²) in [6.45, 7) is 3.11. The van der Waals surface area contributed by atoms with Crippen LogP contribution in [0.5, 0.6) is 0 Å². The van der Waals surface area contributed by atoms with Crippen molar-refractivity contribution < 1.29 is 9.59 Å². The lowest BCUT2D eigenvalue weighted by Gasteiger charge is -2.49. The van der Waals surface area contributed by atoms with Crippen molar-refractivity contribution in [1.82, 2.24) is 20.9 Å². The number of nitrogens with one attached hydrogen (secondary N) is 3. The van der Waals surface area contributed by atoms with Gasteiger partial charge in [-0.3, -0.25) is 15.0 Å². The molecule has 0 atom stereocenters. The average Bonchev–Trinajstić information content (AvgIpc) is 3.26. The van der Waals surface area contributed by atoms with Crippen molar-refractivity contribution in [2.75, 3.05) is 26.2 Å². The van der Waals surface area contributed by atoms with Crippen LogP contribution in [0.3, 0.4) is 0 Å². The van der Waals surface area contributed by atoms with Gasteiger partial charge in [0.1, 0.15) is 0 Å². The average molecular weight is 294 g/mol. The topological polar surface area (TPSA) is 73.5 Å². The van der Waals surface area contributed by atoms with Crippen LogP contribution < -0.4 is 16.0 Å². The molecule has 1 spiro atoms. The van der Waals surface area contributed by atoms with Gasteiger partial charge in [0.2, 0.25) is 5.91 Å². The van der Waals surface area contributed by atoms with Gasteiger partial charge in [-0.25, -0.2) is 4.79 Å². The molecule has 3 fully saturated rings. The van der Waals surface area contributed by atoms with Crippen molar-refractivity contribution in [1.29, 1.82) is 0 Å². The van der Waals surface area contributed by atoms with Crippen molar-refractivity contribution >= 4 is 11.9 Å². The van der Waals surface area contributed by atoms with Gasteiger partial charge in [-0.15, -0.1) is 0 Å². The molecule has 3 rings (SSSR count). The predicted octanol–water partition coefficient (Wildman–Crippen LogP) is 0.583. The number of rotatable bonds is 3. The third kappa shape index (κ3) is 3.74. The lowest BCUT2D eigenvalue weighted by Crippen LogP contribution is -2.63. The van der Waals surface area contributed by atoms with Crippen molar-refractivity contribution in [3.8, 4) is 0 Å².